The molecule has 1 aliphatic heterocycles. The molecular weight excluding hydrogens is 238 g/mol. The maximum absolute atomic E-state index is 11.6. The summed E-state index contributed by atoms with van der Waals surface area (Å²) in [7, 11) is 0. The van der Waals surface area contributed by atoms with Gasteiger partial charge in [0.05, 0.1) is 5.56 Å². The van der Waals surface area contributed by atoms with E-state index in [2.05, 4.69) is 4.90 Å². The molecule has 102 valence electrons. The number of carbonyl (C=O) groups is 1. The zero-order valence-electron chi connectivity index (χ0n) is 11.1. The second kappa shape index (κ2) is 4.76. The molecule has 0 spiro atoms. The van der Waals surface area contributed by atoms with Crippen molar-refractivity contribution >= 4 is 17.3 Å². The van der Waals surface area contributed by atoms with E-state index in [1.807, 2.05) is 12.1 Å². The zero-order chi connectivity index (χ0) is 13.4. The molecule has 1 heterocycles. The first-order valence-corrected chi connectivity index (χ1v) is 7.13. The smallest absolute Gasteiger partial charge is 0.250 e. The van der Waals surface area contributed by atoms with Crippen molar-refractivity contribution in [3.8, 4) is 0 Å². The number of anilines is 2. The lowest BCUT2D eigenvalue weighted by Crippen LogP contribution is -2.36. The van der Waals surface area contributed by atoms with Crippen LogP contribution in [0.1, 0.15) is 42.5 Å². The van der Waals surface area contributed by atoms with Crippen molar-refractivity contribution < 1.29 is 4.79 Å². The molecule has 0 aromatic heterocycles. The van der Waals surface area contributed by atoms with Crippen LogP contribution in [0.5, 0.6) is 0 Å². The third-order valence-corrected chi connectivity index (χ3v) is 4.61. The van der Waals surface area contributed by atoms with Crippen molar-refractivity contribution in [2.24, 2.45) is 11.7 Å². The summed E-state index contributed by atoms with van der Waals surface area (Å²) in [5.74, 6) is 0.397. The Morgan fingerprint density at radius 1 is 1.21 bits per heavy atom. The molecule has 2 atom stereocenters. The summed E-state index contributed by atoms with van der Waals surface area (Å²) in [6.07, 6.45) is 6.42. The summed E-state index contributed by atoms with van der Waals surface area (Å²) in [4.78, 5) is 14.0. The number of hydrogen-bond donors (Lipinski definition) is 2. The number of hydrogen-bond acceptors (Lipinski definition) is 3. The number of fused-ring (bicyclic) bond motifs is 1. The molecule has 2 fully saturated rings. The van der Waals surface area contributed by atoms with Gasteiger partial charge in [-0.3, -0.25) is 4.79 Å². The van der Waals surface area contributed by atoms with Crippen molar-refractivity contribution in [2.45, 2.75) is 38.1 Å². The van der Waals surface area contributed by atoms with Crippen LogP contribution in [0.4, 0.5) is 11.4 Å². The van der Waals surface area contributed by atoms with Crippen molar-refractivity contribution in [1.29, 1.82) is 0 Å². The number of primary amides is 1. The highest BCUT2D eigenvalue weighted by Gasteiger charge is 2.36. The molecule has 1 saturated heterocycles. The molecule has 2 aliphatic rings. The highest BCUT2D eigenvalue weighted by atomic mass is 16.1. The van der Waals surface area contributed by atoms with Gasteiger partial charge in [-0.15, -0.1) is 0 Å². The van der Waals surface area contributed by atoms with Gasteiger partial charge in [-0.25, -0.2) is 0 Å². The van der Waals surface area contributed by atoms with Crippen LogP contribution in [0.3, 0.4) is 0 Å². The van der Waals surface area contributed by atoms with Crippen LogP contribution < -0.4 is 16.4 Å². The Hall–Kier alpha value is -1.71. The minimum Gasteiger partial charge on any atom is -0.399 e. The first-order chi connectivity index (χ1) is 9.16. The van der Waals surface area contributed by atoms with Crippen LogP contribution in [0.15, 0.2) is 18.2 Å². The molecule has 1 aromatic rings. The van der Waals surface area contributed by atoms with Gasteiger partial charge in [-0.2, -0.15) is 0 Å². The minimum absolute atomic E-state index is 0.387. The number of amides is 1. The van der Waals surface area contributed by atoms with Crippen molar-refractivity contribution in [3.63, 3.8) is 0 Å². The van der Waals surface area contributed by atoms with Gasteiger partial charge >= 0.3 is 0 Å². The lowest BCUT2D eigenvalue weighted by Gasteiger charge is -2.34. The average molecular weight is 259 g/mol. The largest absolute Gasteiger partial charge is 0.399 e. The minimum atomic E-state index is -0.387. The van der Waals surface area contributed by atoms with Gasteiger partial charge in [-0.1, -0.05) is 12.8 Å². The summed E-state index contributed by atoms with van der Waals surface area (Å²) < 4.78 is 0. The molecule has 1 aliphatic carbocycles. The number of benzene rings is 1. The molecular formula is C15H21N3O. The molecule has 1 saturated carbocycles. The molecule has 0 bridgehead atoms. The fraction of sp³-hybridized carbons (Fsp3) is 0.533. The first kappa shape index (κ1) is 12.3. The van der Waals surface area contributed by atoms with E-state index in [9.17, 15) is 4.79 Å². The van der Waals surface area contributed by atoms with Crippen LogP contribution in [-0.4, -0.2) is 18.5 Å². The first-order valence-electron chi connectivity index (χ1n) is 7.13. The third-order valence-electron chi connectivity index (χ3n) is 4.61. The van der Waals surface area contributed by atoms with Gasteiger partial charge in [-0.05, 0) is 43.4 Å². The lowest BCUT2D eigenvalue weighted by atomic mass is 9.85. The van der Waals surface area contributed by atoms with Crippen LogP contribution in [0.2, 0.25) is 0 Å². The Bertz CT molecular complexity index is 500. The Morgan fingerprint density at radius 3 is 2.79 bits per heavy atom. The predicted octanol–water partition coefficient (Wildman–Crippen LogP) is 2.14. The lowest BCUT2D eigenvalue weighted by molar-refractivity contribution is 0.100. The molecule has 4 heteroatoms. The quantitative estimate of drug-likeness (QED) is 0.799. The summed E-state index contributed by atoms with van der Waals surface area (Å²) in [6.45, 7) is 1.03. The van der Waals surface area contributed by atoms with Crippen molar-refractivity contribution in [1.82, 2.24) is 0 Å². The zero-order valence-corrected chi connectivity index (χ0v) is 11.1. The molecule has 19 heavy (non-hydrogen) atoms. The topological polar surface area (TPSA) is 72.3 Å². The van der Waals surface area contributed by atoms with E-state index in [0.29, 0.717) is 17.3 Å². The summed E-state index contributed by atoms with van der Waals surface area (Å²) >= 11 is 0. The highest BCUT2D eigenvalue weighted by Crippen LogP contribution is 2.40. The van der Waals surface area contributed by atoms with Gasteiger partial charge in [0.15, 0.2) is 0 Å². The SMILES string of the molecule is NC(=O)c1cc(N)ccc1N1CCC2CCCCC21. The second-order valence-corrected chi connectivity index (χ2v) is 5.73. The molecule has 3 rings (SSSR count). The number of nitrogen functional groups attached to an aromatic ring is 1. The van der Waals surface area contributed by atoms with E-state index in [4.69, 9.17) is 11.5 Å². The van der Waals surface area contributed by atoms with Crippen LogP contribution in [0, 0.1) is 5.92 Å². The van der Waals surface area contributed by atoms with Crippen LogP contribution in [-0.2, 0) is 0 Å². The normalized spacial score (nSPS) is 26.2. The Kier molecular flexibility index (Phi) is 3.09. The van der Waals surface area contributed by atoms with Crippen LogP contribution in [0.25, 0.3) is 0 Å². The van der Waals surface area contributed by atoms with Crippen LogP contribution >= 0.6 is 0 Å². The highest BCUT2D eigenvalue weighted by molar-refractivity contribution is 5.99. The van der Waals surface area contributed by atoms with Crippen molar-refractivity contribution in [3.05, 3.63) is 23.8 Å². The van der Waals surface area contributed by atoms with E-state index >= 15 is 0 Å². The maximum atomic E-state index is 11.6. The number of nitrogens with two attached hydrogens (primary N) is 2. The van der Waals surface area contributed by atoms with Gasteiger partial charge < -0.3 is 16.4 Å². The molecule has 2 unspecified atom stereocenters. The average Bonchev–Trinajstić information content (AvgIpc) is 2.82. The Labute approximate surface area is 113 Å². The van der Waals surface area contributed by atoms with E-state index in [-0.39, 0.29) is 5.91 Å². The fourth-order valence-electron chi connectivity index (χ4n) is 3.71. The van der Waals surface area contributed by atoms with Crippen molar-refractivity contribution in [2.75, 3.05) is 17.2 Å². The predicted molar refractivity (Wildman–Crippen MR) is 77.1 cm³/mol. The van der Waals surface area contributed by atoms with E-state index in [0.717, 1.165) is 18.2 Å². The summed E-state index contributed by atoms with van der Waals surface area (Å²) in [5, 5.41) is 0. The van der Waals surface area contributed by atoms with Gasteiger partial charge in [0.1, 0.15) is 0 Å². The molecule has 4 nitrogen and oxygen atoms in total. The monoisotopic (exact) mass is 259 g/mol. The fourth-order valence-corrected chi connectivity index (χ4v) is 3.71. The molecule has 0 radical (unpaired) electrons. The van der Waals surface area contributed by atoms with E-state index in [1.165, 1.54) is 32.1 Å². The number of rotatable bonds is 2. The van der Waals surface area contributed by atoms with Gasteiger partial charge in [0, 0.05) is 24.0 Å². The summed E-state index contributed by atoms with van der Waals surface area (Å²) in [5.41, 5.74) is 13.4. The molecule has 4 N–H and O–H groups in total. The van der Waals surface area contributed by atoms with Gasteiger partial charge in [0.2, 0.25) is 0 Å². The van der Waals surface area contributed by atoms with E-state index in [1.54, 1.807) is 6.07 Å². The third kappa shape index (κ3) is 2.15. The molecule has 1 aromatic carbocycles. The Morgan fingerprint density at radius 2 is 2.00 bits per heavy atom. The standard InChI is InChI=1S/C15H21N3O/c16-11-5-6-14(12(9-11)15(17)19)18-8-7-10-3-1-2-4-13(10)18/h5-6,9-10,13H,1-4,7-8,16H2,(H2,17,19). The Balaban J connectivity index is 1.95. The maximum Gasteiger partial charge on any atom is 0.250 e. The number of nitrogens with zero attached hydrogens (tertiary/aromatic N) is 1. The van der Waals surface area contributed by atoms with E-state index < -0.39 is 0 Å². The van der Waals surface area contributed by atoms with Gasteiger partial charge in [0.25, 0.3) is 5.91 Å². The molecule has 1 amide bonds. The number of carbonyl (C=O) groups excluding carboxylic acids is 1. The summed E-state index contributed by atoms with van der Waals surface area (Å²) in [6, 6.07) is 6.09. The second-order valence-electron chi connectivity index (χ2n) is 5.73.